The van der Waals surface area contributed by atoms with Crippen molar-refractivity contribution < 1.29 is 4.79 Å². The Labute approximate surface area is 150 Å². The minimum atomic E-state index is 0.158. The molecule has 1 saturated carbocycles. The maximum absolute atomic E-state index is 12.7. The molecule has 3 rings (SSSR count). The highest BCUT2D eigenvalue weighted by molar-refractivity contribution is 6.31. The van der Waals surface area contributed by atoms with Crippen LogP contribution >= 0.6 is 11.6 Å². The molecule has 1 amide bonds. The molecule has 0 saturated heterocycles. The Bertz CT molecular complexity index is 625. The van der Waals surface area contributed by atoms with Crippen molar-refractivity contribution >= 4 is 23.2 Å². The zero-order valence-corrected chi connectivity index (χ0v) is 15.1. The fourth-order valence-corrected chi connectivity index (χ4v) is 4.00. The zero-order chi connectivity index (χ0) is 16.9. The fraction of sp³-hybridized carbons (Fsp3) is 0.476. The molecule has 2 nitrogen and oxygen atoms in total. The van der Waals surface area contributed by atoms with E-state index in [4.69, 9.17) is 11.6 Å². The SMILES string of the molecule is Cc1c(Cl)cccc1NC(=O)C1[C@H]2CC/C=C\CC/C=C/CC[C@@H]12. The third-order valence-corrected chi connectivity index (χ3v) is 5.74. The summed E-state index contributed by atoms with van der Waals surface area (Å²) in [5, 5.41) is 3.81. The van der Waals surface area contributed by atoms with Crippen LogP contribution in [0.25, 0.3) is 0 Å². The lowest BCUT2D eigenvalue weighted by molar-refractivity contribution is -0.117. The van der Waals surface area contributed by atoms with Crippen molar-refractivity contribution in [1.29, 1.82) is 0 Å². The van der Waals surface area contributed by atoms with Gasteiger partial charge in [-0.05, 0) is 75.0 Å². The Morgan fingerprint density at radius 3 is 2.21 bits per heavy atom. The molecule has 3 atom stereocenters. The average Bonchev–Trinajstić information content (AvgIpc) is 3.24. The molecule has 1 aromatic rings. The second-order valence-electron chi connectivity index (χ2n) is 6.93. The van der Waals surface area contributed by atoms with Gasteiger partial charge < -0.3 is 5.32 Å². The molecule has 2 aliphatic rings. The van der Waals surface area contributed by atoms with Crippen LogP contribution in [0.2, 0.25) is 5.02 Å². The van der Waals surface area contributed by atoms with E-state index < -0.39 is 0 Å². The molecule has 0 aliphatic heterocycles. The van der Waals surface area contributed by atoms with Crippen molar-refractivity contribution in [3.8, 4) is 0 Å². The molecule has 1 N–H and O–H groups in total. The molecule has 0 radical (unpaired) electrons. The molecule has 0 bridgehead atoms. The first-order valence-corrected chi connectivity index (χ1v) is 9.42. The minimum Gasteiger partial charge on any atom is -0.326 e. The lowest BCUT2D eigenvalue weighted by atomic mass is 10.1. The van der Waals surface area contributed by atoms with E-state index in [1.54, 1.807) is 0 Å². The normalized spacial score (nSPS) is 29.5. The van der Waals surface area contributed by atoms with E-state index in [0.717, 1.165) is 49.8 Å². The highest BCUT2D eigenvalue weighted by atomic mass is 35.5. The summed E-state index contributed by atoms with van der Waals surface area (Å²) in [6, 6.07) is 5.67. The first-order valence-electron chi connectivity index (χ1n) is 9.04. The van der Waals surface area contributed by atoms with Gasteiger partial charge >= 0.3 is 0 Å². The van der Waals surface area contributed by atoms with Crippen LogP contribution in [0.5, 0.6) is 0 Å². The number of benzene rings is 1. The Morgan fingerprint density at radius 1 is 1.00 bits per heavy atom. The van der Waals surface area contributed by atoms with Crippen LogP contribution in [0.15, 0.2) is 42.5 Å². The van der Waals surface area contributed by atoms with Crippen molar-refractivity contribution in [3.63, 3.8) is 0 Å². The number of carbonyl (C=O) groups excluding carboxylic acids is 1. The number of halogens is 1. The standard InChI is InChI=1S/C21H26ClNO/c1-15-18(22)13-10-14-19(15)23-21(24)20-16-11-8-6-4-2-3-5-7-9-12-17(16)20/h4-7,10,13-14,16-17,20H,2-3,8-9,11-12H2,1H3,(H,23,24)/b6-4-,7-5+/t16-,17+,20?/m0/s1. The van der Waals surface area contributed by atoms with Crippen molar-refractivity contribution in [3.05, 3.63) is 53.1 Å². The number of nitrogens with one attached hydrogen (secondary N) is 1. The van der Waals surface area contributed by atoms with Crippen LogP contribution in [0.3, 0.4) is 0 Å². The molecule has 128 valence electrons. The number of amides is 1. The lowest BCUT2D eigenvalue weighted by Crippen LogP contribution is -2.16. The van der Waals surface area contributed by atoms with Gasteiger partial charge in [-0.1, -0.05) is 42.0 Å². The second-order valence-corrected chi connectivity index (χ2v) is 7.34. The number of hydrogen-bond donors (Lipinski definition) is 1. The number of hydrogen-bond acceptors (Lipinski definition) is 1. The number of carbonyl (C=O) groups is 1. The van der Waals surface area contributed by atoms with E-state index in [1.165, 1.54) is 0 Å². The lowest BCUT2D eigenvalue weighted by Gasteiger charge is -2.09. The summed E-state index contributed by atoms with van der Waals surface area (Å²) >= 11 is 6.16. The minimum absolute atomic E-state index is 0.158. The monoisotopic (exact) mass is 343 g/mol. The quantitative estimate of drug-likeness (QED) is 0.664. The highest BCUT2D eigenvalue weighted by Crippen LogP contribution is 2.52. The van der Waals surface area contributed by atoms with E-state index in [2.05, 4.69) is 29.6 Å². The van der Waals surface area contributed by atoms with Crippen LogP contribution in [0.4, 0.5) is 5.69 Å². The average molecular weight is 344 g/mol. The third-order valence-electron chi connectivity index (χ3n) is 5.33. The number of fused-ring (bicyclic) bond motifs is 1. The summed E-state index contributed by atoms with van der Waals surface area (Å²) in [7, 11) is 0. The first kappa shape index (κ1) is 17.3. The Balaban J connectivity index is 1.65. The molecule has 1 aromatic carbocycles. The second kappa shape index (κ2) is 8.02. The number of anilines is 1. The number of rotatable bonds is 2. The summed E-state index contributed by atoms with van der Waals surface area (Å²) in [6.07, 6.45) is 15.8. The zero-order valence-electron chi connectivity index (χ0n) is 14.3. The molecule has 0 heterocycles. The highest BCUT2D eigenvalue weighted by Gasteiger charge is 2.52. The molecule has 0 spiro atoms. The largest absolute Gasteiger partial charge is 0.326 e. The van der Waals surface area contributed by atoms with Crippen LogP contribution in [-0.2, 0) is 4.79 Å². The Kier molecular flexibility index (Phi) is 5.78. The van der Waals surface area contributed by atoms with Crippen LogP contribution in [-0.4, -0.2) is 5.91 Å². The summed E-state index contributed by atoms with van der Waals surface area (Å²) < 4.78 is 0. The first-order chi connectivity index (χ1) is 11.7. The van der Waals surface area contributed by atoms with Gasteiger partial charge in [-0.2, -0.15) is 0 Å². The molecule has 2 aliphatic carbocycles. The van der Waals surface area contributed by atoms with Gasteiger partial charge in [0, 0.05) is 16.6 Å². The summed E-state index contributed by atoms with van der Waals surface area (Å²) in [6.45, 7) is 1.95. The Morgan fingerprint density at radius 2 is 1.58 bits per heavy atom. The van der Waals surface area contributed by atoms with Crippen LogP contribution in [0.1, 0.15) is 44.1 Å². The molecule has 3 heteroatoms. The van der Waals surface area contributed by atoms with Crippen molar-refractivity contribution in [2.24, 2.45) is 17.8 Å². The maximum atomic E-state index is 12.7. The van der Waals surface area contributed by atoms with Crippen molar-refractivity contribution in [2.75, 3.05) is 5.32 Å². The molecular weight excluding hydrogens is 318 g/mol. The summed E-state index contributed by atoms with van der Waals surface area (Å²) in [5.74, 6) is 1.38. The molecule has 24 heavy (non-hydrogen) atoms. The van der Waals surface area contributed by atoms with Crippen molar-refractivity contribution in [2.45, 2.75) is 45.4 Å². The number of allylic oxidation sites excluding steroid dienone is 4. The van der Waals surface area contributed by atoms with Gasteiger partial charge in [0.05, 0.1) is 0 Å². The van der Waals surface area contributed by atoms with E-state index in [1.807, 2.05) is 25.1 Å². The topological polar surface area (TPSA) is 29.1 Å². The summed E-state index contributed by atoms with van der Waals surface area (Å²) in [5.41, 5.74) is 1.78. The van der Waals surface area contributed by atoms with Gasteiger partial charge in [0.1, 0.15) is 0 Å². The summed E-state index contributed by atoms with van der Waals surface area (Å²) in [4.78, 5) is 12.7. The molecular formula is C21H26ClNO. The van der Waals surface area contributed by atoms with Crippen molar-refractivity contribution in [1.82, 2.24) is 0 Å². The smallest absolute Gasteiger partial charge is 0.228 e. The van der Waals surface area contributed by atoms with Gasteiger partial charge in [-0.3, -0.25) is 4.79 Å². The van der Waals surface area contributed by atoms with Crippen LogP contribution < -0.4 is 5.32 Å². The van der Waals surface area contributed by atoms with E-state index in [0.29, 0.717) is 16.9 Å². The van der Waals surface area contributed by atoms with E-state index >= 15 is 0 Å². The fourth-order valence-electron chi connectivity index (χ4n) is 3.82. The molecule has 0 aromatic heterocycles. The van der Waals surface area contributed by atoms with E-state index in [-0.39, 0.29) is 11.8 Å². The predicted molar refractivity (Wildman–Crippen MR) is 101 cm³/mol. The molecule has 1 unspecified atom stereocenters. The van der Waals surface area contributed by atoms with Gasteiger partial charge in [0.15, 0.2) is 0 Å². The predicted octanol–water partition coefficient (Wildman–Crippen LogP) is 5.92. The maximum Gasteiger partial charge on any atom is 0.228 e. The Hall–Kier alpha value is -1.54. The van der Waals surface area contributed by atoms with Gasteiger partial charge in [0.25, 0.3) is 0 Å². The van der Waals surface area contributed by atoms with E-state index in [9.17, 15) is 4.79 Å². The van der Waals surface area contributed by atoms with Gasteiger partial charge in [-0.25, -0.2) is 0 Å². The van der Waals surface area contributed by atoms with Gasteiger partial charge in [0.2, 0.25) is 5.91 Å². The molecule has 1 fully saturated rings. The van der Waals surface area contributed by atoms with Crippen LogP contribution in [0, 0.1) is 24.7 Å². The van der Waals surface area contributed by atoms with Gasteiger partial charge in [-0.15, -0.1) is 0 Å². The third kappa shape index (κ3) is 4.10.